The van der Waals surface area contributed by atoms with Gasteiger partial charge in [0.15, 0.2) is 0 Å². The maximum atomic E-state index is 13.8. The summed E-state index contributed by atoms with van der Waals surface area (Å²) < 4.78 is 32.6. The van der Waals surface area contributed by atoms with E-state index in [2.05, 4.69) is 16.6 Å². The van der Waals surface area contributed by atoms with E-state index in [-0.39, 0.29) is 19.4 Å². The molecule has 2 aromatic rings. The number of aliphatic hydroxyl groups is 1. The molecule has 3 amide bonds. The number of likely N-dealkylation sites (tertiary alicyclic amines) is 1. The van der Waals surface area contributed by atoms with Crippen molar-refractivity contribution in [2.24, 2.45) is 5.92 Å². The normalized spacial score (nSPS) is 27.2. The number of carbonyl (C=O) groups excluding carboxylic acids is 3. The fourth-order valence-corrected chi connectivity index (χ4v) is 6.83. The first-order chi connectivity index (χ1) is 19.7. The van der Waals surface area contributed by atoms with Gasteiger partial charge in [0.05, 0.1) is 11.8 Å². The van der Waals surface area contributed by atoms with Crippen LogP contribution < -0.4 is 10.0 Å². The van der Waals surface area contributed by atoms with Gasteiger partial charge in [-0.25, -0.2) is 13.2 Å². The van der Waals surface area contributed by atoms with Gasteiger partial charge in [-0.2, -0.15) is 0 Å². The van der Waals surface area contributed by atoms with Crippen LogP contribution in [0.15, 0.2) is 67.3 Å². The van der Waals surface area contributed by atoms with Crippen LogP contribution in [0.4, 0.5) is 4.79 Å². The van der Waals surface area contributed by atoms with Gasteiger partial charge >= 0.3 is 6.09 Å². The molecule has 1 saturated heterocycles. The van der Waals surface area contributed by atoms with Crippen molar-refractivity contribution in [2.75, 3.05) is 6.54 Å². The Morgan fingerprint density at radius 1 is 1.02 bits per heavy atom. The van der Waals surface area contributed by atoms with E-state index >= 15 is 0 Å². The van der Waals surface area contributed by atoms with E-state index in [4.69, 9.17) is 4.74 Å². The van der Waals surface area contributed by atoms with E-state index in [1.54, 1.807) is 32.9 Å². The van der Waals surface area contributed by atoms with Crippen molar-refractivity contribution in [1.29, 1.82) is 0 Å². The predicted molar refractivity (Wildman–Crippen MR) is 156 cm³/mol. The Morgan fingerprint density at radius 3 is 2.19 bits per heavy atom. The summed E-state index contributed by atoms with van der Waals surface area (Å²) in [4.78, 5) is 41.4. The molecule has 10 nitrogen and oxygen atoms in total. The molecule has 0 unspecified atom stereocenters. The van der Waals surface area contributed by atoms with Crippen LogP contribution in [-0.4, -0.2) is 65.3 Å². The van der Waals surface area contributed by atoms with E-state index in [9.17, 15) is 27.9 Å². The van der Waals surface area contributed by atoms with Crippen LogP contribution in [0.5, 0.6) is 0 Å². The summed E-state index contributed by atoms with van der Waals surface area (Å²) in [5.74, 6) is -2.01. The lowest BCUT2D eigenvalue weighted by molar-refractivity contribution is -0.131. The van der Waals surface area contributed by atoms with Crippen molar-refractivity contribution in [3.8, 4) is 11.1 Å². The molecule has 0 spiro atoms. The number of hydrogen-bond acceptors (Lipinski definition) is 7. The SMILES string of the molecule is C=C[C@@H]1C[C@]1(NC(=O)[C@@H]1C[C@@](O)(c2ccc(-c3ccccc3)cc2)CN1C(=O)OC(C)(C)C)C(=O)NS(=O)(=O)C1CC1. The average Bonchev–Trinajstić information content (AvgIpc) is 3.85. The second kappa shape index (κ2) is 10.5. The number of sulfonamides is 1. The highest BCUT2D eigenvalue weighted by Gasteiger charge is 2.62. The number of amides is 3. The summed E-state index contributed by atoms with van der Waals surface area (Å²) in [6.07, 6.45) is 1.67. The summed E-state index contributed by atoms with van der Waals surface area (Å²) in [6, 6.07) is 15.8. The molecule has 3 N–H and O–H groups in total. The molecule has 4 atom stereocenters. The van der Waals surface area contributed by atoms with Gasteiger partial charge in [0.2, 0.25) is 15.9 Å². The van der Waals surface area contributed by atoms with Crippen LogP contribution in [0, 0.1) is 5.92 Å². The molecule has 2 aromatic carbocycles. The van der Waals surface area contributed by atoms with Gasteiger partial charge in [0.1, 0.15) is 22.8 Å². The maximum Gasteiger partial charge on any atom is 0.411 e. The van der Waals surface area contributed by atoms with Gasteiger partial charge in [-0.1, -0.05) is 60.7 Å². The third-order valence-electron chi connectivity index (χ3n) is 8.05. The molecule has 1 heterocycles. The first kappa shape index (κ1) is 29.8. The summed E-state index contributed by atoms with van der Waals surface area (Å²) >= 11 is 0. The Morgan fingerprint density at radius 2 is 1.64 bits per heavy atom. The van der Waals surface area contributed by atoms with Gasteiger partial charge in [-0.3, -0.25) is 19.2 Å². The highest BCUT2D eigenvalue weighted by Crippen LogP contribution is 2.46. The number of nitrogens with one attached hydrogen (secondary N) is 2. The molecule has 0 radical (unpaired) electrons. The van der Waals surface area contributed by atoms with Gasteiger partial charge < -0.3 is 15.2 Å². The summed E-state index contributed by atoms with van der Waals surface area (Å²) in [7, 11) is -3.85. The standard InChI is InChI=1S/C31H37N3O7S/c1-5-22-17-31(22,27(36)33-42(39,40)24-15-16-24)32-26(35)25-18-30(38,19-34(25)28(37)41-29(2,3)4)23-13-11-21(12-14-23)20-9-7-6-8-10-20/h5-14,22,24-25,38H,1,15-19H2,2-4H3,(H,32,35)(H,33,36)/t22-,25+,30+,31-/m1/s1. The number of β-amino-alcohol motifs (C(OH)–C–C–N with tert-alkyl or cyclic N) is 1. The Hall–Kier alpha value is -3.70. The van der Waals surface area contributed by atoms with Gasteiger partial charge in [0, 0.05) is 12.3 Å². The summed E-state index contributed by atoms with van der Waals surface area (Å²) in [5, 5.41) is 13.9. The highest BCUT2D eigenvalue weighted by atomic mass is 32.2. The van der Waals surface area contributed by atoms with Crippen LogP contribution in [0.1, 0.15) is 52.0 Å². The van der Waals surface area contributed by atoms with E-state index in [1.165, 1.54) is 11.0 Å². The number of rotatable bonds is 8. The van der Waals surface area contributed by atoms with Crippen molar-refractivity contribution in [3.63, 3.8) is 0 Å². The molecule has 11 heteroatoms. The Labute approximate surface area is 246 Å². The number of carbonyl (C=O) groups is 3. The van der Waals surface area contributed by atoms with Crippen LogP contribution in [-0.2, 0) is 30.0 Å². The van der Waals surface area contributed by atoms with Crippen molar-refractivity contribution in [2.45, 2.75) is 74.5 Å². The Bertz CT molecular complexity index is 1500. The van der Waals surface area contributed by atoms with Crippen LogP contribution in [0.3, 0.4) is 0 Å². The number of nitrogens with zero attached hydrogens (tertiary/aromatic N) is 1. The Balaban J connectivity index is 1.40. The molecule has 42 heavy (non-hydrogen) atoms. The minimum atomic E-state index is -3.85. The van der Waals surface area contributed by atoms with Crippen molar-refractivity contribution < 1.29 is 32.6 Å². The minimum absolute atomic E-state index is 0.153. The molecule has 1 aliphatic heterocycles. The zero-order valence-corrected chi connectivity index (χ0v) is 24.8. The lowest BCUT2D eigenvalue weighted by atomic mass is 9.89. The van der Waals surface area contributed by atoms with Gasteiger partial charge in [0.25, 0.3) is 5.91 Å². The van der Waals surface area contributed by atoms with Crippen molar-refractivity contribution in [1.82, 2.24) is 14.9 Å². The molecule has 5 rings (SSSR count). The lowest BCUT2D eigenvalue weighted by Gasteiger charge is -2.29. The van der Waals surface area contributed by atoms with E-state index in [0.717, 1.165) is 11.1 Å². The number of hydrogen-bond donors (Lipinski definition) is 3. The maximum absolute atomic E-state index is 13.8. The predicted octanol–water partition coefficient (Wildman–Crippen LogP) is 3.22. The van der Waals surface area contributed by atoms with E-state index in [1.807, 2.05) is 42.5 Å². The van der Waals surface area contributed by atoms with E-state index in [0.29, 0.717) is 18.4 Å². The molecule has 2 saturated carbocycles. The molecular formula is C31H37N3O7S. The number of benzene rings is 2. The lowest BCUT2D eigenvalue weighted by Crippen LogP contribution is -2.56. The average molecular weight is 596 g/mol. The summed E-state index contributed by atoms with van der Waals surface area (Å²) in [5.41, 5.74) is -1.50. The van der Waals surface area contributed by atoms with Crippen molar-refractivity contribution in [3.05, 3.63) is 72.8 Å². The zero-order valence-electron chi connectivity index (χ0n) is 24.0. The number of ether oxygens (including phenoxy) is 1. The van der Waals surface area contributed by atoms with Gasteiger partial charge in [-0.05, 0) is 56.7 Å². The van der Waals surface area contributed by atoms with Gasteiger partial charge in [-0.15, -0.1) is 6.58 Å². The third-order valence-corrected chi connectivity index (χ3v) is 9.87. The first-order valence-corrected chi connectivity index (χ1v) is 15.6. The largest absolute Gasteiger partial charge is 0.444 e. The third kappa shape index (κ3) is 5.94. The summed E-state index contributed by atoms with van der Waals surface area (Å²) in [6.45, 7) is 8.59. The topological polar surface area (TPSA) is 142 Å². The first-order valence-electron chi connectivity index (χ1n) is 14.1. The van der Waals surface area contributed by atoms with Crippen molar-refractivity contribution >= 4 is 27.9 Å². The van der Waals surface area contributed by atoms with E-state index < -0.39 is 61.9 Å². The second-order valence-electron chi connectivity index (χ2n) is 12.5. The molecule has 0 bridgehead atoms. The minimum Gasteiger partial charge on any atom is -0.444 e. The van der Waals surface area contributed by atoms with Crippen LogP contribution >= 0.6 is 0 Å². The Kier molecular flexibility index (Phi) is 7.47. The molecule has 0 aromatic heterocycles. The fraction of sp³-hybridized carbons (Fsp3) is 0.452. The molecule has 2 aliphatic carbocycles. The second-order valence-corrected chi connectivity index (χ2v) is 14.4. The molecule has 3 fully saturated rings. The fourth-order valence-electron chi connectivity index (χ4n) is 5.46. The van der Waals surface area contributed by atoms with Crippen LogP contribution in [0.25, 0.3) is 11.1 Å². The van der Waals surface area contributed by atoms with Crippen LogP contribution in [0.2, 0.25) is 0 Å². The smallest absolute Gasteiger partial charge is 0.411 e. The molecule has 224 valence electrons. The molecule has 3 aliphatic rings. The highest BCUT2D eigenvalue weighted by molar-refractivity contribution is 7.91. The monoisotopic (exact) mass is 595 g/mol. The quantitative estimate of drug-likeness (QED) is 0.398. The molecular weight excluding hydrogens is 558 g/mol. The zero-order chi connectivity index (χ0) is 30.5.